The molecule has 2 N–H and O–H groups in total. The van der Waals surface area contributed by atoms with E-state index in [4.69, 9.17) is 5.11 Å². The smallest absolute Gasteiger partial charge is 0.326 e. The van der Waals surface area contributed by atoms with Gasteiger partial charge in [-0.05, 0) is 19.8 Å². The number of carboxylic acid groups (broad SMARTS) is 1. The zero-order valence-electron chi connectivity index (χ0n) is 11.3. The monoisotopic (exact) mass is 268 g/mol. The first kappa shape index (κ1) is 15.2. The van der Waals surface area contributed by atoms with Gasteiger partial charge in [-0.2, -0.15) is 0 Å². The zero-order valence-corrected chi connectivity index (χ0v) is 11.3. The number of nitrogens with zero attached hydrogens (tertiary/aromatic N) is 1. The van der Waals surface area contributed by atoms with E-state index in [1.807, 2.05) is 12.2 Å². The van der Waals surface area contributed by atoms with E-state index in [0.717, 1.165) is 0 Å². The van der Waals surface area contributed by atoms with Crippen molar-refractivity contribution in [2.45, 2.75) is 32.7 Å². The Kier molecular flexibility index (Phi) is 5.54. The lowest BCUT2D eigenvalue weighted by molar-refractivity contribution is -0.151. The summed E-state index contributed by atoms with van der Waals surface area (Å²) in [5.41, 5.74) is 0. The van der Waals surface area contributed by atoms with Crippen molar-refractivity contribution in [2.24, 2.45) is 5.92 Å². The summed E-state index contributed by atoms with van der Waals surface area (Å²) in [6.07, 6.45) is 5.17. The van der Waals surface area contributed by atoms with E-state index >= 15 is 0 Å². The van der Waals surface area contributed by atoms with Crippen LogP contribution in [0.25, 0.3) is 0 Å². The van der Waals surface area contributed by atoms with Crippen molar-refractivity contribution in [3.63, 3.8) is 0 Å². The third-order valence-corrected chi connectivity index (χ3v) is 3.19. The van der Waals surface area contributed by atoms with Gasteiger partial charge < -0.3 is 15.3 Å². The molecule has 6 heteroatoms. The van der Waals surface area contributed by atoms with Gasteiger partial charge in [0.1, 0.15) is 6.04 Å². The van der Waals surface area contributed by atoms with E-state index in [1.54, 1.807) is 0 Å². The van der Waals surface area contributed by atoms with Gasteiger partial charge >= 0.3 is 5.97 Å². The summed E-state index contributed by atoms with van der Waals surface area (Å²) in [6.45, 7) is 3.34. The van der Waals surface area contributed by atoms with Gasteiger partial charge in [-0.25, -0.2) is 4.79 Å². The molecule has 0 fully saturated rings. The van der Waals surface area contributed by atoms with Crippen LogP contribution in [0.4, 0.5) is 0 Å². The van der Waals surface area contributed by atoms with Gasteiger partial charge in [0.05, 0.1) is 0 Å². The molecule has 0 saturated heterocycles. The van der Waals surface area contributed by atoms with Crippen molar-refractivity contribution in [1.82, 2.24) is 10.2 Å². The zero-order chi connectivity index (χ0) is 14.4. The van der Waals surface area contributed by atoms with Crippen LogP contribution in [0.15, 0.2) is 12.2 Å². The first-order valence-electron chi connectivity index (χ1n) is 6.36. The molecule has 0 spiro atoms. The van der Waals surface area contributed by atoms with Gasteiger partial charge in [0.2, 0.25) is 11.8 Å². The van der Waals surface area contributed by atoms with Gasteiger partial charge in [-0.1, -0.05) is 12.2 Å². The molecule has 1 aliphatic carbocycles. The van der Waals surface area contributed by atoms with Crippen LogP contribution in [0.5, 0.6) is 0 Å². The molecule has 1 rings (SSSR count). The van der Waals surface area contributed by atoms with Gasteiger partial charge in [0.15, 0.2) is 0 Å². The number of carbonyl (C=O) groups excluding carboxylic acids is 2. The maximum Gasteiger partial charge on any atom is 0.326 e. The van der Waals surface area contributed by atoms with E-state index in [2.05, 4.69) is 5.32 Å². The largest absolute Gasteiger partial charge is 0.480 e. The Hall–Kier alpha value is -1.85. The third kappa shape index (κ3) is 4.39. The number of amides is 2. The van der Waals surface area contributed by atoms with E-state index in [1.165, 1.54) is 18.7 Å². The molecule has 2 amide bonds. The fourth-order valence-corrected chi connectivity index (χ4v) is 2.03. The average Bonchev–Trinajstić information content (AvgIpc) is 2.86. The SMILES string of the molecule is CC(=O)NCCN(C(=O)C1CC=CC1)C(C)C(=O)O. The van der Waals surface area contributed by atoms with E-state index in [0.29, 0.717) is 12.8 Å². The molecular formula is C13H20N2O4. The summed E-state index contributed by atoms with van der Waals surface area (Å²) >= 11 is 0. The minimum atomic E-state index is -1.04. The van der Waals surface area contributed by atoms with Crippen LogP contribution in [0.1, 0.15) is 26.7 Å². The number of carbonyl (C=O) groups is 3. The maximum absolute atomic E-state index is 12.3. The molecule has 0 heterocycles. The number of allylic oxidation sites excluding steroid dienone is 2. The third-order valence-electron chi connectivity index (χ3n) is 3.19. The molecule has 0 aliphatic heterocycles. The number of nitrogens with one attached hydrogen (secondary N) is 1. The Labute approximate surface area is 112 Å². The second kappa shape index (κ2) is 6.92. The van der Waals surface area contributed by atoms with Crippen LogP contribution in [0, 0.1) is 5.92 Å². The highest BCUT2D eigenvalue weighted by atomic mass is 16.4. The Morgan fingerprint density at radius 2 is 1.95 bits per heavy atom. The second-order valence-electron chi connectivity index (χ2n) is 4.67. The van der Waals surface area contributed by atoms with Crippen LogP contribution in [-0.2, 0) is 14.4 Å². The normalized spacial score (nSPS) is 16.1. The van der Waals surface area contributed by atoms with Crippen molar-refractivity contribution in [1.29, 1.82) is 0 Å². The highest BCUT2D eigenvalue weighted by Gasteiger charge is 2.30. The summed E-state index contributed by atoms with van der Waals surface area (Å²) in [5.74, 6) is -1.57. The number of hydrogen-bond acceptors (Lipinski definition) is 3. The topological polar surface area (TPSA) is 86.7 Å². The molecule has 1 unspecified atom stereocenters. The van der Waals surface area contributed by atoms with Gasteiger partial charge in [0, 0.05) is 25.9 Å². The Morgan fingerprint density at radius 1 is 1.37 bits per heavy atom. The minimum absolute atomic E-state index is 0.162. The van der Waals surface area contributed by atoms with Gasteiger partial charge in [0.25, 0.3) is 0 Å². The van der Waals surface area contributed by atoms with E-state index < -0.39 is 12.0 Å². The number of hydrogen-bond donors (Lipinski definition) is 2. The predicted molar refractivity (Wildman–Crippen MR) is 69.4 cm³/mol. The first-order valence-corrected chi connectivity index (χ1v) is 6.36. The first-order chi connectivity index (χ1) is 8.93. The van der Waals surface area contributed by atoms with Crippen LogP contribution in [0.3, 0.4) is 0 Å². The van der Waals surface area contributed by atoms with Crippen LogP contribution >= 0.6 is 0 Å². The molecule has 19 heavy (non-hydrogen) atoms. The summed E-state index contributed by atoms with van der Waals surface area (Å²) in [4.78, 5) is 35.5. The molecule has 0 aromatic carbocycles. The lowest BCUT2D eigenvalue weighted by Crippen LogP contribution is -2.48. The Bertz CT molecular complexity index is 384. The molecule has 0 aromatic heterocycles. The second-order valence-corrected chi connectivity index (χ2v) is 4.67. The average molecular weight is 268 g/mol. The van der Waals surface area contributed by atoms with E-state index in [-0.39, 0.29) is 30.8 Å². The highest BCUT2D eigenvalue weighted by Crippen LogP contribution is 2.21. The molecular weight excluding hydrogens is 248 g/mol. The number of aliphatic carboxylic acids is 1. The Balaban J connectivity index is 2.65. The fourth-order valence-electron chi connectivity index (χ4n) is 2.03. The molecule has 0 radical (unpaired) electrons. The van der Waals surface area contributed by atoms with Crippen molar-refractivity contribution in [3.8, 4) is 0 Å². The molecule has 0 saturated carbocycles. The van der Waals surface area contributed by atoms with Gasteiger partial charge in [-0.3, -0.25) is 9.59 Å². The van der Waals surface area contributed by atoms with Crippen molar-refractivity contribution >= 4 is 17.8 Å². The summed E-state index contributed by atoms with van der Waals surface area (Å²) in [7, 11) is 0. The Morgan fingerprint density at radius 3 is 2.42 bits per heavy atom. The summed E-state index contributed by atoms with van der Waals surface area (Å²) in [6, 6.07) is -0.887. The molecule has 1 aliphatic rings. The van der Waals surface area contributed by atoms with E-state index in [9.17, 15) is 14.4 Å². The van der Waals surface area contributed by atoms with Gasteiger partial charge in [-0.15, -0.1) is 0 Å². The van der Waals surface area contributed by atoms with Crippen LogP contribution in [-0.4, -0.2) is 46.9 Å². The lowest BCUT2D eigenvalue weighted by Gasteiger charge is -2.29. The quantitative estimate of drug-likeness (QED) is 0.682. The van der Waals surface area contributed by atoms with Crippen molar-refractivity contribution < 1.29 is 19.5 Å². The molecule has 6 nitrogen and oxygen atoms in total. The standard InChI is InChI=1S/C13H20N2O4/c1-9(13(18)19)15(8-7-14-10(2)16)12(17)11-5-3-4-6-11/h3-4,9,11H,5-8H2,1-2H3,(H,14,16)(H,18,19). The highest BCUT2D eigenvalue weighted by molar-refractivity contribution is 5.85. The molecule has 0 bridgehead atoms. The van der Waals surface area contributed by atoms with Crippen molar-refractivity contribution in [2.75, 3.05) is 13.1 Å². The predicted octanol–water partition coefficient (Wildman–Crippen LogP) is 0.390. The van der Waals surface area contributed by atoms with Crippen LogP contribution in [0.2, 0.25) is 0 Å². The summed E-state index contributed by atoms with van der Waals surface area (Å²) < 4.78 is 0. The fraction of sp³-hybridized carbons (Fsp3) is 0.615. The lowest BCUT2D eigenvalue weighted by atomic mass is 10.0. The number of carboxylic acids is 1. The van der Waals surface area contributed by atoms with Crippen molar-refractivity contribution in [3.05, 3.63) is 12.2 Å². The maximum atomic E-state index is 12.3. The minimum Gasteiger partial charge on any atom is -0.480 e. The van der Waals surface area contributed by atoms with Crippen LogP contribution < -0.4 is 5.32 Å². The molecule has 0 aromatic rings. The number of rotatable bonds is 6. The molecule has 1 atom stereocenters. The molecule has 106 valence electrons. The summed E-state index contributed by atoms with van der Waals surface area (Å²) in [5, 5.41) is 11.6.